The first-order valence-electron chi connectivity index (χ1n) is 10.8. The number of hydrogen-bond acceptors (Lipinski definition) is 8. The summed E-state index contributed by atoms with van der Waals surface area (Å²) < 4.78 is 0. The Morgan fingerprint density at radius 1 is 0.848 bits per heavy atom. The van der Waals surface area contributed by atoms with Crippen LogP contribution >= 0.6 is 12.6 Å². The van der Waals surface area contributed by atoms with Gasteiger partial charge in [0.15, 0.2) is 0 Å². The van der Waals surface area contributed by atoms with Crippen LogP contribution in [0.4, 0.5) is 0 Å². The molecule has 0 aliphatic rings. The summed E-state index contributed by atoms with van der Waals surface area (Å²) in [7, 11) is 0. The average Bonchev–Trinajstić information content (AvgIpc) is 2.72. The molecular formula is C20H37N5O7S. The van der Waals surface area contributed by atoms with Crippen LogP contribution < -0.4 is 27.4 Å². The van der Waals surface area contributed by atoms with Gasteiger partial charge in [0.2, 0.25) is 17.7 Å². The van der Waals surface area contributed by atoms with Gasteiger partial charge in [0.05, 0.1) is 6.04 Å². The van der Waals surface area contributed by atoms with Gasteiger partial charge in [-0.05, 0) is 44.6 Å². The molecule has 0 aromatic carbocycles. The molecule has 190 valence electrons. The minimum Gasteiger partial charge on any atom is -0.481 e. The second-order valence-corrected chi connectivity index (χ2v) is 8.52. The van der Waals surface area contributed by atoms with Crippen molar-refractivity contribution in [2.45, 2.75) is 76.5 Å². The van der Waals surface area contributed by atoms with Crippen LogP contribution in [-0.2, 0) is 24.0 Å². The maximum absolute atomic E-state index is 12.9. The minimum atomic E-state index is -1.33. The van der Waals surface area contributed by atoms with E-state index in [9.17, 15) is 24.0 Å². The van der Waals surface area contributed by atoms with E-state index in [-0.39, 0.29) is 24.5 Å². The topological polar surface area (TPSA) is 214 Å². The Hall–Kier alpha value is -2.38. The molecule has 0 bridgehead atoms. The molecule has 0 aliphatic carbocycles. The molecule has 0 fully saturated rings. The van der Waals surface area contributed by atoms with Crippen LogP contribution in [0.5, 0.6) is 0 Å². The van der Waals surface area contributed by atoms with E-state index in [1.807, 2.05) is 13.8 Å². The molecule has 4 atom stereocenters. The molecule has 3 amide bonds. The fraction of sp³-hybridized carbons (Fsp3) is 0.750. The van der Waals surface area contributed by atoms with E-state index < -0.39 is 60.2 Å². The zero-order valence-corrected chi connectivity index (χ0v) is 20.0. The lowest BCUT2D eigenvalue weighted by Crippen LogP contribution is -2.57. The molecule has 0 saturated carbocycles. The largest absolute Gasteiger partial charge is 0.481 e. The molecule has 0 heterocycles. The van der Waals surface area contributed by atoms with Crippen molar-refractivity contribution in [3.8, 4) is 0 Å². The summed E-state index contributed by atoms with van der Waals surface area (Å²) in [6.07, 6.45) is 1.03. The third-order valence-electron chi connectivity index (χ3n) is 4.72. The van der Waals surface area contributed by atoms with Crippen molar-refractivity contribution in [1.82, 2.24) is 16.0 Å². The second-order valence-electron chi connectivity index (χ2n) is 8.16. The van der Waals surface area contributed by atoms with E-state index in [1.54, 1.807) is 0 Å². The van der Waals surface area contributed by atoms with E-state index >= 15 is 0 Å². The summed E-state index contributed by atoms with van der Waals surface area (Å²) in [6.45, 7) is 4.19. The number of hydrogen-bond donors (Lipinski definition) is 8. The molecule has 0 radical (unpaired) electrons. The van der Waals surface area contributed by atoms with Gasteiger partial charge < -0.3 is 37.6 Å². The molecule has 0 aliphatic heterocycles. The highest BCUT2D eigenvalue weighted by molar-refractivity contribution is 7.80. The SMILES string of the molecule is CC(C)CC(N)C(=O)NC(CCCCN)C(=O)NC(CCC(=O)O)C(=O)NC(CS)C(=O)O. The number of carbonyl (C=O) groups excluding carboxylic acids is 3. The first-order valence-corrected chi connectivity index (χ1v) is 11.5. The van der Waals surface area contributed by atoms with Gasteiger partial charge in [0.1, 0.15) is 18.1 Å². The number of rotatable bonds is 17. The van der Waals surface area contributed by atoms with Crippen molar-refractivity contribution in [2.75, 3.05) is 12.3 Å². The van der Waals surface area contributed by atoms with Crippen LogP contribution in [0.15, 0.2) is 0 Å². The fourth-order valence-electron chi connectivity index (χ4n) is 2.92. The lowest BCUT2D eigenvalue weighted by molar-refractivity contribution is -0.142. The molecular weight excluding hydrogens is 454 g/mol. The van der Waals surface area contributed by atoms with E-state index in [0.29, 0.717) is 25.8 Å². The van der Waals surface area contributed by atoms with Crippen molar-refractivity contribution >= 4 is 42.3 Å². The molecule has 12 nitrogen and oxygen atoms in total. The average molecular weight is 492 g/mol. The fourth-order valence-corrected chi connectivity index (χ4v) is 3.17. The Balaban J connectivity index is 5.47. The Kier molecular flexibility index (Phi) is 15.1. The number of aliphatic carboxylic acids is 2. The third-order valence-corrected chi connectivity index (χ3v) is 5.08. The van der Waals surface area contributed by atoms with Crippen molar-refractivity contribution in [3.63, 3.8) is 0 Å². The predicted octanol–water partition coefficient (Wildman–Crippen LogP) is -1.18. The molecule has 0 rings (SSSR count). The Labute approximate surface area is 199 Å². The summed E-state index contributed by atoms with van der Waals surface area (Å²) in [4.78, 5) is 60.1. The Bertz CT molecular complexity index is 677. The van der Waals surface area contributed by atoms with Crippen molar-refractivity contribution in [1.29, 1.82) is 0 Å². The molecule has 33 heavy (non-hydrogen) atoms. The van der Waals surface area contributed by atoms with Gasteiger partial charge in [-0.2, -0.15) is 12.6 Å². The molecule has 9 N–H and O–H groups in total. The van der Waals surface area contributed by atoms with Crippen LogP contribution in [0, 0.1) is 5.92 Å². The highest BCUT2D eigenvalue weighted by Gasteiger charge is 2.30. The monoisotopic (exact) mass is 491 g/mol. The second kappa shape index (κ2) is 16.3. The van der Waals surface area contributed by atoms with Crippen LogP contribution in [0.3, 0.4) is 0 Å². The summed E-state index contributed by atoms with van der Waals surface area (Å²) in [6, 6.07) is -4.50. The summed E-state index contributed by atoms with van der Waals surface area (Å²) in [5.41, 5.74) is 11.4. The molecule has 0 aromatic heterocycles. The number of carboxylic acid groups (broad SMARTS) is 2. The van der Waals surface area contributed by atoms with Gasteiger partial charge in [0, 0.05) is 12.2 Å². The van der Waals surface area contributed by atoms with E-state index in [4.69, 9.17) is 21.7 Å². The van der Waals surface area contributed by atoms with Crippen molar-refractivity contribution in [2.24, 2.45) is 17.4 Å². The number of unbranched alkanes of at least 4 members (excludes halogenated alkanes) is 1. The first kappa shape index (κ1) is 30.6. The van der Waals surface area contributed by atoms with Crippen molar-refractivity contribution < 1.29 is 34.2 Å². The van der Waals surface area contributed by atoms with Gasteiger partial charge in [-0.3, -0.25) is 19.2 Å². The quantitative estimate of drug-likeness (QED) is 0.0906. The van der Waals surface area contributed by atoms with Crippen LogP contribution in [-0.4, -0.2) is 76.3 Å². The Morgan fingerprint density at radius 2 is 1.36 bits per heavy atom. The van der Waals surface area contributed by atoms with Gasteiger partial charge in [-0.15, -0.1) is 0 Å². The zero-order valence-electron chi connectivity index (χ0n) is 19.1. The first-order chi connectivity index (χ1) is 15.4. The van der Waals surface area contributed by atoms with E-state index in [0.717, 1.165) is 0 Å². The summed E-state index contributed by atoms with van der Waals surface area (Å²) in [5.74, 6) is -4.66. The number of amides is 3. The summed E-state index contributed by atoms with van der Waals surface area (Å²) in [5, 5.41) is 25.3. The number of carbonyl (C=O) groups is 5. The third kappa shape index (κ3) is 13.0. The van der Waals surface area contributed by atoms with E-state index in [1.165, 1.54) is 0 Å². The highest BCUT2D eigenvalue weighted by Crippen LogP contribution is 2.07. The van der Waals surface area contributed by atoms with E-state index in [2.05, 4.69) is 28.6 Å². The van der Waals surface area contributed by atoms with Crippen LogP contribution in [0.25, 0.3) is 0 Å². The molecule has 0 aromatic rings. The minimum absolute atomic E-state index is 0.161. The normalized spacial score (nSPS) is 14.6. The maximum Gasteiger partial charge on any atom is 0.327 e. The Morgan fingerprint density at radius 3 is 1.82 bits per heavy atom. The van der Waals surface area contributed by atoms with Crippen LogP contribution in [0.2, 0.25) is 0 Å². The van der Waals surface area contributed by atoms with Gasteiger partial charge in [-0.25, -0.2) is 4.79 Å². The predicted molar refractivity (Wildman–Crippen MR) is 124 cm³/mol. The van der Waals surface area contributed by atoms with Gasteiger partial charge in [0.25, 0.3) is 0 Å². The standard InChI is InChI=1S/C20H37N5O7S/c1-11(2)9-12(22)17(28)23-13(5-3-4-8-21)18(29)24-14(6-7-16(26)27)19(30)25-15(10-33)20(31)32/h11-15,33H,3-10,21-22H2,1-2H3,(H,23,28)(H,24,29)(H,25,30)(H,26,27)(H,31,32). The lowest BCUT2D eigenvalue weighted by atomic mass is 10.0. The molecule has 13 heteroatoms. The van der Waals surface area contributed by atoms with Crippen LogP contribution in [0.1, 0.15) is 52.4 Å². The zero-order chi connectivity index (χ0) is 25.6. The van der Waals surface area contributed by atoms with Gasteiger partial charge in [-0.1, -0.05) is 13.8 Å². The number of carboxylic acids is 2. The molecule has 0 saturated heterocycles. The van der Waals surface area contributed by atoms with Crippen molar-refractivity contribution in [3.05, 3.63) is 0 Å². The number of thiol groups is 1. The molecule has 4 unspecified atom stereocenters. The highest BCUT2D eigenvalue weighted by atomic mass is 32.1. The van der Waals surface area contributed by atoms with Gasteiger partial charge >= 0.3 is 11.9 Å². The lowest BCUT2D eigenvalue weighted by Gasteiger charge is -2.25. The number of nitrogens with one attached hydrogen (secondary N) is 3. The molecule has 0 spiro atoms. The summed E-state index contributed by atoms with van der Waals surface area (Å²) >= 11 is 3.87. The number of nitrogens with two attached hydrogens (primary N) is 2. The maximum atomic E-state index is 12.9. The smallest absolute Gasteiger partial charge is 0.327 e.